The Kier molecular flexibility index (Phi) is 6.39. The molecule has 0 spiro atoms. The Morgan fingerprint density at radius 2 is 1.28 bits per heavy atom. The van der Waals surface area contributed by atoms with Gasteiger partial charge in [-0.15, -0.1) is 0 Å². The topological polar surface area (TPSA) is 76.7 Å². The standard InChI is InChI=1S/C19H21N2O4/c1-4-25-17-11-7-15(8-12-17)21-19(23)13(2)18(22)20-14-5-9-16(24-3)10-6-14/h5-12H,4H2,1-3H3,(H,20,22)(H,21,23). The van der Waals surface area contributed by atoms with E-state index in [1.165, 1.54) is 6.92 Å². The molecule has 0 unspecified atom stereocenters. The molecule has 0 aromatic heterocycles. The first-order valence-electron chi connectivity index (χ1n) is 7.86. The lowest BCUT2D eigenvalue weighted by molar-refractivity contribution is -0.121. The van der Waals surface area contributed by atoms with Crippen molar-refractivity contribution in [1.82, 2.24) is 0 Å². The number of nitrogens with one attached hydrogen (secondary N) is 2. The highest BCUT2D eigenvalue weighted by Crippen LogP contribution is 2.18. The number of anilines is 2. The fourth-order valence-electron chi connectivity index (χ4n) is 2.03. The van der Waals surface area contributed by atoms with E-state index in [1.54, 1.807) is 55.6 Å². The first-order valence-corrected chi connectivity index (χ1v) is 7.86. The summed E-state index contributed by atoms with van der Waals surface area (Å²) in [6, 6.07) is 13.8. The van der Waals surface area contributed by atoms with Gasteiger partial charge in [-0.2, -0.15) is 0 Å². The Morgan fingerprint density at radius 1 is 0.840 bits per heavy atom. The van der Waals surface area contributed by atoms with Gasteiger partial charge in [0.2, 0.25) is 11.8 Å². The van der Waals surface area contributed by atoms with E-state index in [-0.39, 0.29) is 5.92 Å². The van der Waals surface area contributed by atoms with Crippen LogP contribution in [0.4, 0.5) is 11.4 Å². The molecule has 0 fully saturated rings. The van der Waals surface area contributed by atoms with Gasteiger partial charge in [0, 0.05) is 11.4 Å². The van der Waals surface area contributed by atoms with Crippen LogP contribution in [0.25, 0.3) is 0 Å². The smallest absolute Gasteiger partial charge is 0.241 e. The lowest BCUT2D eigenvalue weighted by Gasteiger charge is -2.13. The number of carbonyl (C=O) groups excluding carboxylic acids is 2. The molecule has 0 bridgehead atoms. The van der Waals surface area contributed by atoms with Gasteiger partial charge in [0.25, 0.3) is 0 Å². The molecule has 6 heteroatoms. The van der Waals surface area contributed by atoms with E-state index in [1.807, 2.05) is 6.92 Å². The molecule has 2 aromatic carbocycles. The Balaban J connectivity index is 1.92. The minimum absolute atomic E-state index is 0.0599. The normalized spacial score (nSPS) is 10.2. The van der Waals surface area contributed by atoms with Gasteiger partial charge in [0.15, 0.2) is 0 Å². The quantitative estimate of drug-likeness (QED) is 0.758. The fraction of sp³-hybridized carbons (Fsp3) is 0.211. The lowest BCUT2D eigenvalue weighted by atomic mass is 10.1. The maximum atomic E-state index is 12.2. The third-order valence-corrected chi connectivity index (χ3v) is 3.45. The van der Waals surface area contributed by atoms with Crippen molar-refractivity contribution < 1.29 is 19.1 Å². The highest BCUT2D eigenvalue weighted by atomic mass is 16.5. The van der Waals surface area contributed by atoms with Crippen molar-refractivity contribution in [3.8, 4) is 11.5 Å². The number of ether oxygens (including phenoxy) is 2. The fourth-order valence-corrected chi connectivity index (χ4v) is 2.03. The van der Waals surface area contributed by atoms with Crippen LogP contribution in [0.1, 0.15) is 13.8 Å². The summed E-state index contributed by atoms with van der Waals surface area (Å²) in [5.41, 5.74) is 1.17. The Bertz CT molecular complexity index is 711. The summed E-state index contributed by atoms with van der Waals surface area (Å²) < 4.78 is 10.4. The summed E-state index contributed by atoms with van der Waals surface area (Å²) in [7, 11) is 1.57. The molecule has 131 valence electrons. The Morgan fingerprint density at radius 3 is 1.68 bits per heavy atom. The molecule has 6 nitrogen and oxygen atoms in total. The van der Waals surface area contributed by atoms with Crippen LogP contribution >= 0.6 is 0 Å². The van der Waals surface area contributed by atoms with Crippen molar-refractivity contribution in [3.63, 3.8) is 0 Å². The van der Waals surface area contributed by atoms with Crippen molar-refractivity contribution in [2.24, 2.45) is 0 Å². The second-order valence-electron chi connectivity index (χ2n) is 5.22. The van der Waals surface area contributed by atoms with Gasteiger partial charge in [-0.25, -0.2) is 0 Å². The molecule has 1 radical (unpaired) electrons. The van der Waals surface area contributed by atoms with Crippen LogP contribution in [-0.2, 0) is 9.59 Å². The van der Waals surface area contributed by atoms with E-state index >= 15 is 0 Å². The molecule has 2 amide bonds. The molecule has 2 aromatic rings. The molecule has 0 aliphatic heterocycles. The third kappa shape index (κ3) is 5.24. The largest absolute Gasteiger partial charge is 0.497 e. The van der Waals surface area contributed by atoms with Crippen molar-refractivity contribution in [3.05, 3.63) is 54.4 Å². The second kappa shape index (κ2) is 8.73. The molecule has 2 N–H and O–H groups in total. The molecule has 0 heterocycles. The summed E-state index contributed by atoms with van der Waals surface area (Å²) in [6.07, 6.45) is 0. The lowest BCUT2D eigenvalue weighted by Crippen LogP contribution is -2.29. The van der Waals surface area contributed by atoms with Crippen LogP contribution < -0.4 is 20.1 Å². The number of carbonyl (C=O) groups is 2. The van der Waals surface area contributed by atoms with Crippen LogP contribution in [-0.4, -0.2) is 25.5 Å². The van der Waals surface area contributed by atoms with Crippen molar-refractivity contribution in [2.45, 2.75) is 13.8 Å². The predicted octanol–water partition coefficient (Wildman–Crippen LogP) is 3.27. The second-order valence-corrected chi connectivity index (χ2v) is 5.22. The molecular formula is C19H21N2O4. The van der Waals surface area contributed by atoms with Gasteiger partial charge < -0.3 is 20.1 Å². The molecular weight excluding hydrogens is 320 g/mol. The van der Waals surface area contributed by atoms with E-state index in [0.717, 1.165) is 5.75 Å². The average molecular weight is 341 g/mol. The van der Waals surface area contributed by atoms with Crippen molar-refractivity contribution >= 4 is 23.2 Å². The van der Waals surface area contributed by atoms with Crippen LogP contribution in [0, 0.1) is 5.92 Å². The van der Waals surface area contributed by atoms with E-state index in [2.05, 4.69) is 10.6 Å². The van der Waals surface area contributed by atoms with Gasteiger partial charge in [-0.3, -0.25) is 9.59 Å². The number of rotatable bonds is 7. The van der Waals surface area contributed by atoms with Crippen LogP contribution in [0.5, 0.6) is 11.5 Å². The van der Waals surface area contributed by atoms with Crippen LogP contribution in [0.3, 0.4) is 0 Å². The van der Waals surface area contributed by atoms with Crippen molar-refractivity contribution in [2.75, 3.05) is 24.4 Å². The number of hydrogen-bond acceptors (Lipinski definition) is 4. The van der Waals surface area contributed by atoms with E-state index in [9.17, 15) is 9.59 Å². The zero-order valence-electron chi connectivity index (χ0n) is 14.5. The molecule has 0 aliphatic carbocycles. The summed E-state index contributed by atoms with van der Waals surface area (Å²) >= 11 is 0. The van der Waals surface area contributed by atoms with Gasteiger partial charge in [-0.1, -0.05) is 0 Å². The molecule has 2 rings (SSSR count). The predicted molar refractivity (Wildman–Crippen MR) is 96.8 cm³/mol. The molecule has 0 atom stereocenters. The molecule has 0 aliphatic rings. The van der Waals surface area contributed by atoms with E-state index in [4.69, 9.17) is 9.47 Å². The molecule has 25 heavy (non-hydrogen) atoms. The minimum atomic E-state index is -0.464. The third-order valence-electron chi connectivity index (χ3n) is 3.45. The van der Waals surface area contributed by atoms with Crippen LogP contribution in [0.2, 0.25) is 0 Å². The summed E-state index contributed by atoms with van der Waals surface area (Å²) in [5.74, 6) is 0.541. The maximum absolute atomic E-state index is 12.2. The average Bonchev–Trinajstić information content (AvgIpc) is 2.63. The monoisotopic (exact) mass is 341 g/mol. The molecule has 0 saturated heterocycles. The van der Waals surface area contributed by atoms with Crippen molar-refractivity contribution in [1.29, 1.82) is 0 Å². The summed E-state index contributed by atoms with van der Waals surface area (Å²) in [4.78, 5) is 24.4. The zero-order valence-corrected chi connectivity index (χ0v) is 14.5. The minimum Gasteiger partial charge on any atom is -0.497 e. The highest BCUT2D eigenvalue weighted by Gasteiger charge is 2.22. The van der Waals surface area contributed by atoms with E-state index in [0.29, 0.717) is 23.7 Å². The number of methoxy groups -OCH3 is 1. The maximum Gasteiger partial charge on any atom is 0.241 e. The number of amides is 2. The Hall–Kier alpha value is -3.02. The first-order chi connectivity index (χ1) is 12.0. The van der Waals surface area contributed by atoms with Crippen LogP contribution in [0.15, 0.2) is 48.5 Å². The molecule has 0 saturated carbocycles. The summed E-state index contributed by atoms with van der Waals surface area (Å²) in [5, 5.41) is 5.36. The number of hydrogen-bond donors (Lipinski definition) is 2. The first kappa shape index (κ1) is 18.3. The van der Waals surface area contributed by atoms with Gasteiger partial charge in [-0.05, 0) is 62.4 Å². The van der Waals surface area contributed by atoms with E-state index < -0.39 is 11.8 Å². The van der Waals surface area contributed by atoms with Gasteiger partial charge in [0.1, 0.15) is 17.4 Å². The highest BCUT2D eigenvalue weighted by molar-refractivity contribution is 6.22. The zero-order chi connectivity index (χ0) is 18.2. The SMILES string of the molecule is CCOc1ccc(NC(=O)[C](C)C(=O)Nc2ccc(OC)cc2)cc1. The number of benzene rings is 2. The Labute approximate surface area is 147 Å². The summed E-state index contributed by atoms with van der Waals surface area (Å²) in [6.45, 7) is 3.95. The van der Waals surface area contributed by atoms with Gasteiger partial charge >= 0.3 is 0 Å². The van der Waals surface area contributed by atoms with Gasteiger partial charge in [0.05, 0.1) is 13.7 Å².